The SMILES string of the molecule is CCNCC1CCN(C(=O)C2(c3cccc(C)c3)CCCC2)CC1.Cl. The van der Waals surface area contributed by atoms with Crippen LogP contribution in [-0.2, 0) is 10.2 Å². The molecule has 2 fully saturated rings. The highest BCUT2D eigenvalue weighted by Crippen LogP contribution is 2.43. The third kappa shape index (κ3) is 4.38. The van der Waals surface area contributed by atoms with Crippen molar-refractivity contribution in [3.05, 3.63) is 35.4 Å². The largest absolute Gasteiger partial charge is 0.342 e. The van der Waals surface area contributed by atoms with E-state index in [9.17, 15) is 4.79 Å². The molecule has 3 rings (SSSR count). The first-order valence-electron chi connectivity index (χ1n) is 9.73. The van der Waals surface area contributed by atoms with Crippen LogP contribution in [0.4, 0.5) is 0 Å². The predicted octanol–water partition coefficient (Wildman–Crippen LogP) is 4.08. The van der Waals surface area contributed by atoms with E-state index in [1.807, 2.05) is 0 Å². The van der Waals surface area contributed by atoms with E-state index in [-0.39, 0.29) is 17.8 Å². The molecule has 1 heterocycles. The molecule has 0 radical (unpaired) electrons. The highest BCUT2D eigenvalue weighted by Gasteiger charge is 2.45. The Morgan fingerprint density at radius 3 is 2.52 bits per heavy atom. The highest BCUT2D eigenvalue weighted by atomic mass is 35.5. The van der Waals surface area contributed by atoms with Crippen LogP contribution < -0.4 is 5.32 Å². The van der Waals surface area contributed by atoms with Gasteiger partial charge < -0.3 is 10.2 Å². The van der Waals surface area contributed by atoms with E-state index in [2.05, 4.69) is 48.3 Å². The summed E-state index contributed by atoms with van der Waals surface area (Å²) >= 11 is 0. The van der Waals surface area contributed by atoms with Gasteiger partial charge in [0.25, 0.3) is 0 Å². The molecule has 1 aromatic rings. The molecule has 1 aliphatic heterocycles. The molecule has 3 nitrogen and oxygen atoms in total. The van der Waals surface area contributed by atoms with Crippen molar-refractivity contribution in [2.24, 2.45) is 5.92 Å². The second-order valence-electron chi connectivity index (χ2n) is 7.70. The molecule has 0 atom stereocenters. The summed E-state index contributed by atoms with van der Waals surface area (Å²) in [6.45, 7) is 8.29. The number of nitrogens with zero attached hydrogens (tertiary/aromatic N) is 1. The van der Waals surface area contributed by atoms with Gasteiger partial charge in [0.15, 0.2) is 0 Å². The maximum absolute atomic E-state index is 13.5. The van der Waals surface area contributed by atoms with E-state index in [0.717, 1.165) is 57.8 Å². The molecule has 2 aliphatic rings. The third-order valence-electron chi connectivity index (χ3n) is 6.02. The van der Waals surface area contributed by atoms with Crippen molar-refractivity contribution in [3.8, 4) is 0 Å². The molecular formula is C21H33ClN2O. The fraction of sp³-hybridized carbons (Fsp3) is 0.667. The Morgan fingerprint density at radius 2 is 1.92 bits per heavy atom. The second kappa shape index (κ2) is 9.05. The summed E-state index contributed by atoms with van der Waals surface area (Å²) in [5, 5.41) is 3.45. The molecule has 1 aliphatic carbocycles. The van der Waals surface area contributed by atoms with Gasteiger partial charge in [-0.3, -0.25) is 4.79 Å². The molecule has 0 spiro atoms. The van der Waals surface area contributed by atoms with Crippen LogP contribution in [0.15, 0.2) is 24.3 Å². The van der Waals surface area contributed by atoms with Gasteiger partial charge in [0.2, 0.25) is 5.91 Å². The van der Waals surface area contributed by atoms with Crippen LogP contribution in [-0.4, -0.2) is 37.0 Å². The second-order valence-corrected chi connectivity index (χ2v) is 7.70. The maximum Gasteiger partial charge on any atom is 0.233 e. The van der Waals surface area contributed by atoms with E-state index < -0.39 is 0 Å². The lowest BCUT2D eigenvalue weighted by Gasteiger charge is -2.39. The average Bonchev–Trinajstić information content (AvgIpc) is 3.11. The van der Waals surface area contributed by atoms with Gasteiger partial charge in [-0.25, -0.2) is 0 Å². The normalized spacial score (nSPS) is 20.3. The van der Waals surface area contributed by atoms with E-state index in [1.54, 1.807) is 0 Å². The molecule has 1 saturated heterocycles. The minimum Gasteiger partial charge on any atom is -0.342 e. The van der Waals surface area contributed by atoms with Crippen molar-refractivity contribution >= 4 is 18.3 Å². The van der Waals surface area contributed by atoms with Crippen LogP contribution in [0.1, 0.15) is 56.6 Å². The lowest BCUT2D eigenvalue weighted by atomic mass is 9.76. The molecule has 25 heavy (non-hydrogen) atoms. The van der Waals surface area contributed by atoms with Crippen molar-refractivity contribution in [2.45, 2.75) is 57.8 Å². The number of piperidine rings is 1. The third-order valence-corrected chi connectivity index (χ3v) is 6.02. The zero-order chi connectivity index (χ0) is 17.0. The standard InChI is InChI=1S/C21H32N2O.ClH/c1-3-22-16-18-9-13-23(14-10-18)20(24)21(11-4-5-12-21)19-8-6-7-17(2)15-19;/h6-8,15,18,22H,3-5,9-14,16H2,1-2H3;1H. The van der Waals surface area contributed by atoms with Crippen LogP contribution in [0.5, 0.6) is 0 Å². The zero-order valence-corrected chi connectivity index (χ0v) is 16.5. The fourth-order valence-electron chi connectivity index (χ4n) is 4.54. The molecule has 1 saturated carbocycles. The van der Waals surface area contributed by atoms with Crippen molar-refractivity contribution in [2.75, 3.05) is 26.2 Å². The Morgan fingerprint density at radius 1 is 1.24 bits per heavy atom. The predicted molar refractivity (Wildman–Crippen MR) is 106 cm³/mol. The number of benzene rings is 1. The molecular weight excluding hydrogens is 332 g/mol. The summed E-state index contributed by atoms with van der Waals surface area (Å²) in [4.78, 5) is 15.6. The van der Waals surface area contributed by atoms with E-state index in [4.69, 9.17) is 0 Å². The highest BCUT2D eigenvalue weighted by molar-refractivity contribution is 5.88. The zero-order valence-electron chi connectivity index (χ0n) is 15.7. The lowest BCUT2D eigenvalue weighted by Crippen LogP contribution is -2.49. The maximum atomic E-state index is 13.5. The Labute approximate surface area is 159 Å². The molecule has 1 amide bonds. The summed E-state index contributed by atoms with van der Waals surface area (Å²) in [6, 6.07) is 8.65. The molecule has 1 aromatic carbocycles. The number of nitrogens with one attached hydrogen (secondary N) is 1. The molecule has 0 aromatic heterocycles. The number of amides is 1. The van der Waals surface area contributed by atoms with Crippen molar-refractivity contribution in [1.29, 1.82) is 0 Å². The molecule has 4 heteroatoms. The number of hydrogen-bond acceptors (Lipinski definition) is 2. The average molecular weight is 365 g/mol. The summed E-state index contributed by atoms with van der Waals surface area (Å²) in [5.74, 6) is 1.12. The molecule has 0 bridgehead atoms. The van der Waals surface area contributed by atoms with Gasteiger partial charge in [-0.1, -0.05) is 49.6 Å². The van der Waals surface area contributed by atoms with Gasteiger partial charge in [0.05, 0.1) is 5.41 Å². The Kier molecular flexibility index (Phi) is 7.33. The number of likely N-dealkylation sites (tertiary alicyclic amines) is 1. The van der Waals surface area contributed by atoms with Crippen molar-refractivity contribution in [3.63, 3.8) is 0 Å². The van der Waals surface area contributed by atoms with Crippen LogP contribution in [0, 0.1) is 12.8 Å². The molecule has 0 unspecified atom stereocenters. The monoisotopic (exact) mass is 364 g/mol. The van der Waals surface area contributed by atoms with Gasteiger partial charge in [-0.2, -0.15) is 0 Å². The first kappa shape index (κ1) is 20.3. The topological polar surface area (TPSA) is 32.3 Å². The Bertz CT molecular complexity index is 561. The summed E-state index contributed by atoms with van der Waals surface area (Å²) in [5.41, 5.74) is 2.26. The van der Waals surface area contributed by atoms with E-state index in [1.165, 1.54) is 24.0 Å². The summed E-state index contributed by atoms with van der Waals surface area (Å²) in [7, 11) is 0. The number of aryl methyl sites for hydroxylation is 1. The number of hydrogen-bond donors (Lipinski definition) is 1. The van der Waals surface area contributed by atoms with Crippen LogP contribution in [0.25, 0.3) is 0 Å². The van der Waals surface area contributed by atoms with Gasteiger partial charge in [-0.15, -0.1) is 12.4 Å². The van der Waals surface area contributed by atoms with Gasteiger partial charge >= 0.3 is 0 Å². The quantitative estimate of drug-likeness (QED) is 0.853. The van der Waals surface area contributed by atoms with Gasteiger partial charge in [0.1, 0.15) is 0 Å². The van der Waals surface area contributed by atoms with Gasteiger partial charge in [-0.05, 0) is 57.2 Å². The molecule has 140 valence electrons. The number of carbonyl (C=O) groups is 1. The van der Waals surface area contributed by atoms with Crippen molar-refractivity contribution < 1.29 is 4.79 Å². The van der Waals surface area contributed by atoms with Crippen LogP contribution in [0.2, 0.25) is 0 Å². The minimum absolute atomic E-state index is 0. The van der Waals surface area contributed by atoms with E-state index in [0.29, 0.717) is 5.91 Å². The lowest BCUT2D eigenvalue weighted by molar-refractivity contribution is -0.138. The Hall–Kier alpha value is -1.06. The van der Waals surface area contributed by atoms with Crippen LogP contribution >= 0.6 is 12.4 Å². The van der Waals surface area contributed by atoms with Gasteiger partial charge in [0, 0.05) is 13.1 Å². The van der Waals surface area contributed by atoms with Crippen molar-refractivity contribution in [1.82, 2.24) is 10.2 Å². The summed E-state index contributed by atoms with van der Waals surface area (Å²) in [6.07, 6.45) is 6.68. The fourth-order valence-corrected chi connectivity index (χ4v) is 4.54. The first-order chi connectivity index (χ1) is 11.7. The van der Waals surface area contributed by atoms with Crippen LogP contribution in [0.3, 0.4) is 0 Å². The Balaban J connectivity index is 0.00000225. The smallest absolute Gasteiger partial charge is 0.233 e. The first-order valence-corrected chi connectivity index (χ1v) is 9.73. The molecule has 1 N–H and O–H groups in total. The number of rotatable bonds is 5. The minimum atomic E-state index is -0.249. The number of halogens is 1. The number of carbonyl (C=O) groups excluding carboxylic acids is 1. The van der Waals surface area contributed by atoms with E-state index >= 15 is 0 Å². The summed E-state index contributed by atoms with van der Waals surface area (Å²) < 4.78 is 0.